The predicted molar refractivity (Wildman–Crippen MR) is 116 cm³/mol. The smallest absolute Gasteiger partial charge is 0.284 e. The molecule has 0 saturated carbocycles. The summed E-state index contributed by atoms with van der Waals surface area (Å²) in [5.74, 6) is 0.766. The number of hydrogen-bond acceptors (Lipinski definition) is 3. The van der Waals surface area contributed by atoms with Gasteiger partial charge >= 0.3 is 0 Å². The molecule has 0 unspecified atom stereocenters. The molecular weight excluding hydrogens is 362 g/mol. The Morgan fingerprint density at radius 3 is 1.55 bits per heavy atom. The Balaban J connectivity index is 2.01. The van der Waals surface area contributed by atoms with Crippen molar-refractivity contribution in [3.05, 3.63) is 107 Å². The molecule has 0 atom stereocenters. The van der Waals surface area contributed by atoms with Crippen molar-refractivity contribution in [2.75, 3.05) is 7.11 Å². The Kier molecular flexibility index (Phi) is 5.08. The van der Waals surface area contributed by atoms with E-state index in [0.717, 1.165) is 28.0 Å². The van der Waals surface area contributed by atoms with E-state index in [2.05, 4.69) is 0 Å². The molecular formula is C25H19NO3. The molecule has 0 amide bonds. The summed E-state index contributed by atoms with van der Waals surface area (Å²) in [6.45, 7) is 0. The monoisotopic (exact) mass is 381 g/mol. The van der Waals surface area contributed by atoms with Gasteiger partial charge in [0.05, 0.1) is 23.2 Å². The van der Waals surface area contributed by atoms with Crippen LogP contribution in [0.5, 0.6) is 5.75 Å². The maximum absolute atomic E-state index is 12.1. The van der Waals surface area contributed by atoms with Crippen molar-refractivity contribution in [3.63, 3.8) is 0 Å². The van der Waals surface area contributed by atoms with E-state index >= 15 is 0 Å². The molecule has 0 aliphatic rings. The van der Waals surface area contributed by atoms with Gasteiger partial charge in [0.2, 0.25) is 0 Å². The summed E-state index contributed by atoms with van der Waals surface area (Å²) < 4.78 is 5.25. The van der Waals surface area contributed by atoms with Gasteiger partial charge in [-0.05, 0) is 46.5 Å². The van der Waals surface area contributed by atoms with Gasteiger partial charge in [0, 0.05) is 0 Å². The van der Waals surface area contributed by atoms with E-state index in [-0.39, 0.29) is 10.6 Å². The van der Waals surface area contributed by atoms with E-state index in [1.165, 1.54) is 0 Å². The number of nitro benzene ring substituents is 1. The Bertz CT molecular complexity index is 1080. The topological polar surface area (TPSA) is 52.4 Å². The molecule has 0 aromatic heterocycles. The molecule has 0 bridgehead atoms. The third-order valence-corrected chi connectivity index (χ3v) is 4.89. The van der Waals surface area contributed by atoms with E-state index in [0.29, 0.717) is 11.1 Å². The summed E-state index contributed by atoms with van der Waals surface area (Å²) in [5, 5.41) is 12.1. The van der Waals surface area contributed by atoms with Crippen LogP contribution in [0.3, 0.4) is 0 Å². The van der Waals surface area contributed by atoms with Gasteiger partial charge in [-0.1, -0.05) is 72.8 Å². The predicted octanol–water partition coefficient (Wildman–Crippen LogP) is 6.60. The minimum atomic E-state index is -0.289. The first-order chi connectivity index (χ1) is 14.2. The van der Waals surface area contributed by atoms with E-state index in [1.54, 1.807) is 7.11 Å². The van der Waals surface area contributed by atoms with Crippen LogP contribution >= 0.6 is 0 Å². The molecule has 0 N–H and O–H groups in total. The number of benzene rings is 4. The van der Waals surface area contributed by atoms with Crippen molar-refractivity contribution in [2.24, 2.45) is 0 Å². The van der Waals surface area contributed by atoms with E-state index in [9.17, 15) is 10.1 Å². The van der Waals surface area contributed by atoms with Crippen LogP contribution in [0.4, 0.5) is 5.69 Å². The summed E-state index contributed by atoms with van der Waals surface area (Å²) in [7, 11) is 1.63. The second kappa shape index (κ2) is 7.98. The van der Waals surface area contributed by atoms with Crippen molar-refractivity contribution >= 4 is 5.69 Å². The van der Waals surface area contributed by atoms with Crippen molar-refractivity contribution in [1.82, 2.24) is 0 Å². The largest absolute Gasteiger partial charge is 0.497 e. The van der Waals surface area contributed by atoms with Crippen LogP contribution < -0.4 is 4.74 Å². The van der Waals surface area contributed by atoms with E-state index in [4.69, 9.17) is 4.74 Å². The number of nitro groups is 1. The normalized spacial score (nSPS) is 10.5. The maximum Gasteiger partial charge on any atom is 0.284 e. The lowest BCUT2D eigenvalue weighted by Gasteiger charge is -2.13. The Labute approximate surface area is 169 Å². The second-order valence-corrected chi connectivity index (χ2v) is 6.64. The Morgan fingerprint density at radius 2 is 1.14 bits per heavy atom. The minimum absolute atomic E-state index is 0.111. The number of rotatable bonds is 5. The van der Waals surface area contributed by atoms with Gasteiger partial charge in [-0.3, -0.25) is 10.1 Å². The lowest BCUT2D eigenvalue weighted by Crippen LogP contribution is -1.97. The number of hydrogen-bond donors (Lipinski definition) is 0. The lowest BCUT2D eigenvalue weighted by molar-refractivity contribution is -0.383. The van der Waals surface area contributed by atoms with E-state index < -0.39 is 0 Å². The highest BCUT2D eigenvalue weighted by atomic mass is 16.6. The van der Waals surface area contributed by atoms with Gasteiger partial charge in [-0.25, -0.2) is 0 Å². The summed E-state index contributed by atoms with van der Waals surface area (Å²) in [6, 6.07) is 30.4. The molecule has 4 aromatic rings. The molecule has 0 spiro atoms. The van der Waals surface area contributed by atoms with Crippen molar-refractivity contribution in [2.45, 2.75) is 0 Å². The Morgan fingerprint density at radius 1 is 0.655 bits per heavy atom. The third-order valence-electron chi connectivity index (χ3n) is 4.89. The summed E-state index contributed by atoms with van der Waals surface area (Å²) >= 11 is 0. The Hall–Kier alpha value is -3.92. The maximum atomic E-state index is 12.1. The fourth-order valence-electron chi connectivity index (χ4n) is 3.46. The molecule has 0 aliphatic carbocycles. The molecule has 0 saturated heterocycles. The zero-order valence-corrected chi connectivity index (χ0v) is 15.9. The lowest BCUT2D eigenvalue weighted by atomic mass is 9.91. The molecule has 4 nitrogen and oxygen atoms in total. The number of ether oxygens (including phenoxy) is 1. The summed E-state index contributed by atoms with van der Waals surface area (Å²) in [6.07, 6.45) is 0. The third kappa shape index (κ3) is 3.73. The molecule has 4 aromatic carbocycles. The number of nitrogens with zero attached hydrogens (tertiary/aromatic N) is 1. The standard InChI is InChI=1S/C25H19NO3/c1-29-22-14-12-18(13-15-22)21-16-23(19-8-4-2-5-9-19)25(26(27)28)24(17-21)20-10-6-3-7-11-20/h2-17H,1H3. The highest BCUT2D eigenvalue weighted by molar-refractivity contribution is 5.90. The molecule has 0 heterocycles. The average Bonchev–Trinajstić information content (AvgIpc) is 2.79. The van der Waals surface area contributed by atoms with Gasteiger partial charge in [0.25, 0.3) is 5.69 Å². The van der Waals surface area contributed by atoms with Gasteiger partial charge < -0.3 is 4.74 Å². The van der Waals surface area contributed by atoms with Crippen LogP contribution in [0.2, 0.25) is 0 Å². The minimum Gasteiger partial charge on any atom is -0.497 e. The van der Waals surface area contributed by atoms with Crippen molar-refractivity contribution in [3.8, 4) is 39.1 Å². The van der Waals surface area contributed by atoms with Gasteiger partial charge in [-0.2, -0.15) is 0 Å². The SMILES string of the molecule is COc1ccc(-c2cc(-c3ccccc3)c([N+](=O)[O-])c(-c3ccccc3)c2)cc1. The first-order valence-electron chi connectivity index (χ1n) is 9.25. The van der Waals surface area contributed by atoms with Crippen LogP contribution in [-0.2, 0) is 0 Å². The highest BCUT2D eigenvalue weighted by Crippen LogP contribution is 2.42. The van der Waals surface area contributed by atoms with Crippen LogP contribution in [0, 0.1) is 10.1 Å². The highest BCUT2D eigenvalue weighted by Gasteiger charge is 2.23. The molecule has 4 heteroatoms. The van der Waals surface area contributed by atoms with Gasteiger partial charge in [0.15, 0.2) is 0 Å². The van der Waals surface area contributed by atoms with Crippen LogP contribution in [0.1, 0.15) is 0 Å². The quantitative estimate of drug-likeness (QED) is 0.289. The van der Waals surface area contributed by atoms with Crippen LogP contribution in [0.15, 0.2) is 97.1 Å². The summed E-state index contributed by atoms with van der Waals surface area (Å²) in [4.78, 5) is 11.8. The molecule has 0 radical (unpaired) electrons. The average molecular weight is 381 g/mol. The van der Waals surface area contributed by atoms with Gasteiger partial charge in [-0.15, -0.1) is 0 Å². The van der Waals surface area contributed by atoms with Crippen molar-refractivity contribution < 1.29 is 9.66 Å². The van der Waals surface area contributed by atoms with E-state index in [1.807, 2.05) is 97.1 Å². The fraction of sp³-hybridized carbons (Fsp3) is 0.0400. The van der Waals surface area contributed by atoms with Crippen LogP contribution in [0.25, 0.3) is 33.4 Å². The molecule has 142 valence electrons. The second-order valence-electron chi connectivity index (χ2n) is 6.64. The van der Waals surface area contributed by atoms with Crippen LogP contribution in [-0.4, -0.2) is 12.0 Å². The van der Waals surface area contributed by atoms with Crippen molar-refractivity contribution in [1.29, 1.82) is 0 Å². The molecule has 0 aliphatic heterocycles. The molecule has 29 heavy (non-hydrogen) atoms. The molecule has 4 rings (SSSR count). The first-order valence-corrected chi connectivity index (χ1v) is 9.25. The summed E-state index contributed by atoms with van der Waals surface area (Å²) in [5.41, 5.74) is 4.81. The van der Waals surface area contributed by atoms with Gasteiger partial charge in [0.1, 0.15) is 5.75 Å². The first kappa shape index (κ1) is 18.4. The zero-order valence-electron chi connectivity index (χ0n) is 15.9. The zero-order chi connectivity index (χ0) is 20.2. The number of methoxy groups -OCH3 is 1. The molecule has 0 fully saturated rings. The fourth-order valence-corrected chi connectivity index (χ4v) is 3.46.